The van der Waals surface area contributed by atoms with Crippen molar-refractivity contribution in [1.29, 1.82) is 0 Å². The summed E-state index contributed by atoms with van der Waals surface area (Å²) >= 11 is 0. The largest absolute Gasteiger partial charge is 0.344 e. The molecule has 1 fully saturated rings. The number of imidazole rings is 1. The van der Waals surface area contributed by atoms with Gasteiger partial charge in [0.15, 0.2) is 5.69 Å². The van der Waals surface area contributed by atoms with Crippen molar-refractivity contribution in [2.75, 3.05) is 0 Å². The Morgan fingerprint density at radius 1 is 1.46 bits per heavy atom. The molecule has 0 aromatic carbocycles. The summed E-state index contributed by atoms with van der Waals surface area (Å²) in [5.41, 5.74) is 7.25. The lowest BCUT2D eigenvalue weighted by molar-refractivity contribution is 0.0928. The maximum absolute atomic E-state index is 12.5. The third-order valence-electron chi connectivity index (χ3n) is 4.62. The van der Waals surface area contributed by atoms with Crippen LogP contribution in [0.15, 0.2) is 12.4 Å². The minimum absolute atomic E-state index is 0.163. The predicted molar refractivity (Wildman–Crippen MR) is 89.3 cm³/mol. The zero-order chi connectivity index (χ0) is 17.1. The van der Waals surface area contributed by atoms with E-state index in [-0.39, 0.29) is 24.0 Å². The van der Waals surface area contributed by atoms with Crippen LogP contribution in [0.3, 0.4) is 0 Å². The maximum Gasteiger partial charge on any atom is 0.274 e. The summed E-state index contributed by atoms with van der Waals surface area (Å²) in [6, 6.07) is 0.409. The summed E-state index contributed by atoms with van der Waals surface area (Å²) in [6.45, 7) is 3.94. The molecule has 1 aliphatic carbocycles. The van der Waals surface area contributed by atoms with E-state index in [2.05, 4.69) is 25.6 Å². The van der Waals surface area contributed by atoms with E-state index in [9.17, 15) is 4.79 Å². The van der Waals surface area contributed by atoms with Gasteiger partial charge in [0.2, 0.25) is 0 Å². The van der Waals surface area contributed by atoms with Gasteiger partial charge in [0.1, 0.15) is 5.82 Å². The molecule has 0 radical (unpaired) electrons. The summed E-state index contributed by atoms with van der Waals surface area (Å²) in [5.74, 6) is 0.534. The molecule has 1 saturated carbocycles. The molecule has 3 rings (SSSR count). The van der Waals surface area contributed by atoms with E-state index in [1.165, 1.54) is 0 Å². The molecule has 0 bridgehead atoms. The summed E-state index contributed by atoms with van der Waals surface area (Å²) in [4.78, 5) is 19.9. The SMILES string of the molecule is CC[C@@H](NC(=O)c1cn(C2CCC(N)CC2)nn1)c1ncc(C)[nH]1. The summed E-state index contributed by atoms with van der Waals surface area (Å²) < 4.78 is 1.80. The second-order valence-electron chi connectivity index (χ2n) is 6.54. The van der Waals surface area contributed by atoms with E-state index in [1.54, 1.807) is 17.1 Å². The maximum atomic E-state index is 12.5. The standard InChI is InChI=1S/C16H25N7O/c1-3-13(15-18-8-10(2)19-15)20-16(24)14-9-23(22-21-14)12-6-4-11(17)5-7-12/h8-9,11-13H,3-7,17H2,1-2H3,(H,18,19)(H,20,24)/t11?,12?,13-/m1/s1. The van der Waals surface area contributed by atoms with E-state index in [0.717, 1.165) is 43.6 Å². The first-order chi connectivity index (χ1) is 11.6. The van der Waals surface area contributed by atoms with Gasteiger partial charge in [0.25, 0.3) is 5.91 Å². The number of H-pyrrole nitrogens is 1. The number of rotatable bonds is 5. The smallest absolute Gasteiger partial charge is 0.274 e. The van der Waals surface area contributed by atoms with Gasteiger partial charge in [-0.1, -0.05) is 12.1 Å². The fourth-order valence-corrected chi connectivity index (χ4v) is 3.13. The van der Waals surface area contributed by atoms with Gasteiger partial charge in [-0.3, -0.25) is 4.79 Å². The number of aryl methyl sites for hydroxylation is 1. The number of aromatic nitrogens is 5. The number of carbonyl (C=O) groups excluding carboxylic acids is 1. The number of hydrogen-bond acceptors (Lipinski definition) is 5. The Hall–Kier alpha value is -2.22. The van der Waals surface area contributed by atoms with Crippen molar-refractivity contribution in [3.8, 4) is 0 Å². The van der Waals surface area contributed by atoms with Crippen LogP contribution in [-0.2, 0) is 0 Å². The van der Waals surface area contributed by atoms with Gasteiger partial charge in [0, 0.05) is 17.9 Å². The number of hydrogen-bond donors (Lipinski definition) is 3. The lowest BCUT2D eigenvalue weighted by Gasteiger charge is -2.25. The van der Waals surface area contributed by atoms with Gasteiger partial charge in [0.05, 0.1) is 18.3 Å². The van der Waals surface area contributed by atoms with Crippen molar-refractivity contribution in [2.24, 2.45) is 5.73 Å². The van der Waals surface area contributed by atoms with E-state index in [1.807, 2.05) is 13.8 Å². The molecule has 0 spiro atoms. The fraction of sp³-hybridized carbons (Fsp3) is 0.625. The van der Waals surface area contributed by atoms with Gasteiger partial charge in [-0.25, -0.2) is 9.67 Å². The zero-order valence-corrected chi connectivity index (χ0v) is 14.2. The van der Waals surface area contributed by atoms with E-state index in [0.29, 0.717) is 5.69 Å². The molecule has 24 heavy (non-hydrogen) atoms. The molecule has 1 amide bonds. The van der Waals surface area contributed by atoms with Crippen molar-refractivity contribution in [2.45, 2.75) is 64.1 Å². The second-order valence-corrected chi connectivity index (χ2v) is 6.54. The number of amides is 1. The van der Waals surface area contributed by atoms with Crippen molar-refractivity contribution in [3.05, 3.63) is 29.6 Å². The van der Waals surface area contributed by atoms with Crippen LogP contribution in [0.1, 0.15) is 73.1 Å². The Morgan fingerprint density at radius 3 is 2.83 bits per heavy atom. The third-order valence-corrected chi connectivity index (χ3v) is 4.62. The molecule has 8 heteroatoms. The molecular formula is C16H25N7O. The molecule has 2 aromatic rings. The Labute approximate surface area is 141 Å². The lowest BCUT2D eigenvalue weighted by atomic mass is 9.92. The highest BCUT2D eigenvalue weighted by molar-refractivity contribution is 5.92. The van der Waals surface area contributed by atoms with Crippen LogP contribution in [0.4, 0.5) is 0 Å². The minimum Gasteiger partial charge on any atom is -0.344 e. The monoisotopic (exact) mass is 331 g/mol. The first-order valence-corrected chi connectivity index (χ1v) is 8.56. The van der Waals surface area contributed by atoms with Crippen LogP contribution < -0.4 is 11.1 Å². The van der Waals surface area contributed by atoms with Crippen molar-refractivity contribution >= 4 is 5.91 Å². The van der Waals surface area contributed by atoms with Crippen molar-refractivity contribution in [1.82, 2.24) is 30.3 Å². The number of nitrogens with one attached hydrogen (secondary N) is 2. The van der Waals surface area contributed by atoms with Crippen LogP contribution in [0, 0.1) is 6.92 Å². The molecule has 1 atom stereocenters. The molecule has 0 unspecified atom stereocenters. The van der Waals surface area contributed by atoms with Crippen LogP contribution in [0.5, 0.6) is 0 Å². The van der Waals surface area contributed by atoms with Gasteiger partial charge < -0.3 is 16.0 Å². The topological polar surface area (TPSA) is 115 Å². The fourth-order valence-electron chi connectivity index (χ4n) is 3.13. The Kier molecular flexibility index (Phi) is 4.94. The quantitative estimate of drug-likeness (QED) is 0.770. The summed E-state index contributed by atoms with van der Waals surface area (Å²) in [5, 5.41) is 11.1. The van der Waals surface area contributed by atoms with Crippen LogP contribution >= 0.6 is 0 Å². The van der Waals surface area contributed by atoms with Gasteiger partial charge >= 0.3 is 0 Å². The van der Waals surface area contributed by atoms with Crippen LogP contribution in [-0.4, -0.2) is 36.9 Å². The molecule has 2 aromatic heterocycles. The average Bonchev–Trinajstić information content (AvgIpc) is 3.22. The summed E-state index contributed by atoms with van der Waals surface area (Å²) in [7, 11) is 0. The molecule has 8 nitrogen and oxygen atoms in total. The molecular weight excluding hydrogens is 306 g/mol. The number of carbonyl (C=O) groups is 1. The van der Waals surface area contributed by atoms with E-state index >= 15 is 0 Å². The zero-order valence-electron chi connectivity index (χ0n) is 14.2. The lowest BCUT2D eigenvalue weighted by Crippen LogP contribution is -2.29. The molecule has 4 N–H and O–H groups in total. The second kappa shape index (κ2) is 7.12. The van der Waals surface area contributed by atoms with Gasteiger partial charge in [-0.05, 0) is 39.0 Å². The first-order valence-electron chi connectivity index (χ1n) is 8.56. The third kappa shape index (κ3) is 3.64. The van der Waals surface area contributed by atoms with Gasteiger partial charge in [-0.2, -0.15) is 0 Å². The predicted octanol–water partition coefficient (Wildman–Crippen LogP) is 1.63. The number of nitrogens with zero attached hydrogens (tertiary/aromatic N) is 4. The molecule has 130 valence electrons. The number of aromatic amines is 1. The Balaban J connectivity index is 1.65. The van der Waals surface area contributed by atoms with Crippen LogP contribution in [0.25, 0.3) is 0 Å². The Morgan fingerprint density at radius 2 is 2.21 bits per heavy atom. The van der Waals surface area contributed by atoms with E-state index < -0.39 is 0 Å². The molecule has 1 aliphatic rings. The van der Waals surface area contributed by atoms with Crippen molar-refractivity contribution in [3.63, 3.8) is 0 Å². The van der Waals surface area contributed by atoms with Crippen LogP contribution in [0.2, 0.25) is 0 Å². The first kappa shape index (κ1) is 16.6. The van der Waals surface area contributed by atoms with Gasteiger partial charge in [-0.15, -0.1) is 5.10 Å². The normalized spacial score (nSPS) is 22.3. The molecule has 0 saturated heterocycles. The highest BCUT2D eigenvalue weighted by Crippen LogP contribution is 2.26. The Bertz CT molecular complexity index is 684. The van der Waals surface area contributed by atoms with Crippen molar-refractivity contribution < 1.29 is 4.79 Å². The molecule has 2 heterocycles. The number of nitrogens with two attached hydrogens (primary N) is 1. The highest BCUT2D eigenvalue weighted by atomic mass is 16.2. The minimum atomic E-state index is -0.227. The summed E-state index contributed by atoms with van der Waals surface area (Å²) in [6.07, 6.45) is 8.17. The van der Waals surface area contributed by atoms with E-state index in [4.69, 9.17) is 5.73 Å². The highest BCUT2D eigenvalue weighted by Gasteiger charge is 2.23. The molecule has 0 aliphatic heterocycles. The average molecular weight is 331 g/mol.